The molecule has 0 bridgehead atoms. The third kappa shape index (κ3) is 4.01. The number of methoxy groups -OCH3 is 1. The molecule has 0 radical (unpaired) electrons. The Balaban J connectivity index is 1.91. The van der Waals surface area contributed by atoms with Gasteiger partial charge < -0.3 is 14.8 Å². The van der Waals surface area contributed by atoms with Crippen molar-refractivity contribution in [3.63, 3.8) is 0 Å². The SMILES string of the molecule is COCCNC(=O)[C@@H]1CO[C@]2(CCC[C@@H](C)C2)N1C(=O)c1ccccc1C. The lowest BCUT2D eigenvalue weighted by Crippen LogP contribution is -2.57. The summed E-state index contributed by atoms with van der Waals surface area (Å²) in [5, 5.41) is 2.87. The molecule has 6 nitrogen and oxygen atoms in total. The fraction of sp³-hybridized carbons (Fsp3) is 0.619. The van der Waals surface area contributed by atoms with Crippen LogP contribution in [0.1, 0.15) is 48.5 Å². The molecule has 1 saturated carbocycles. The van der Waals surface area contributed by atoms with Crippen molar-refractivity contribution in [1.29, 1.82) is 0 Å². The van der Waals surface area contributed by atoms with E-state index in [1.54, 1.807) is 12.0 Å². The van der Waals surface area contributed by atoms with Gasteiger partial charge in [-0.3, -0.25) is 14.5 Å². The van der Waals surface area contributed by atoms with Gasteiger partial charge in [0, 0.05) is 19.2 Å². The first-order valence-corrected chi connectivity index (χ1v) is 9.78. The monoisotopic (exact) mass is 374 g/mol. The topological polar surface area (TPSA) is 67.9 Å². The van der Waals surface area contributed by atoms with Crippen LogP contribution in [-0.2, 0) is 14.3 Å². The van der Waals surface area contributed by atoms with Gasteiger partial charge in [-0.25, -0.2) is 0 Å². The van der Waals surface area contributed by atoms with E-state index in [1.807, 2.05) is 31.2 Å². The summed E-state index contributed by atoms with van der Waals surface area (Å²) in [6.07, 6.45) is 3.67. The normalized spacial score (nSPS) is 27.7. The van der Waals surface area contributed by atoms with Crippen molar-refractivity contribution >= 4 is 11.8 Å². The minimum Gasteiger partial charge on any atom is -0.383 e. The van der Waals surface area contributed by atoms with Gasteiger partial charge in [0.15, 0.2) is 0 Å². The van der Waals surface area contributed by atoms with Gasteiger partial charge in [-0.1, -0.05) is 31.5 Å². The average Bonchev–Trinajstić information content (AvgIpc) is 3.00. The van der Waals surface area contributed by atoms with Crippen LogP contribution in [0.15, 0.2) is 24.3 Å². The Hall–Kier alpha value is -1.92. The van der Waals surface area contributed by atoms with Crippen LogP contribution in [0.3, 0.4) is 0 Å². The number of benzene rings is 1. The van der Waals surface area contributed by atoms with Crippen LogP contribution in [0.5, 0.6) is 0 Å². The lowest BCUT2D eigenvalue weighted by Gasteiger charge is -2.43. The van der Waals surface area contributed by atoms with E-state index in [9.17, 15) is 9.59 Å². The maximum atomic E-state index is 13.5. The van der Waals surface area contributed by atoms with Gasteiger partial charge in [0.1, 0.15) is 11.8 Å². The molecule has 1 N–H and O–H groups in total. The molecule has 2 aliphatic rings. The molecule has 1 aliphatic carbocycles. The third-order valence-electron chi connectivity index (χ3n) is 5.69. The molecule has 1 aromatic rings. The van der Waals surface area contributed by atoms with E-state index in [0.29, 0.717) is 24.6 Å². The number of nitrogens with zero attached hydrogens (tertiary/aromatic N) is 1. The summed E-state index contributed by atoms with van der Waals surface area (Å²) in [6.45, 7) is 5.21. The first-order valence-electron chi connectivity index (χ1n) is 9.78. The molecule has 3 atom stereocenters. The maximum Gasteiger partial charge on any atom is 0.257 e. The van der Waals surface area contributed by atoms with Crippen LogP contribution < -0.4 is 5.32 Å². The molecule has 0 unspecified atom stereocenters. The highest BCUT2D eigenvalue weighted by Gasteiger charge is 2.54. The zero-order valence-electron chi connectivity index (χ0n) is 16.5. The summed E-state index contributed by atoms with van der Waals surface area (Å²) in [4.78, 5) is 28.1. The summed E-state index contributed by atoms with van der Waals surface area (Å²) in [6, 6.07) is 6.92. The van der Waals surface area contributed by atoms with E-state index in [4.69, 9.17) is 9.47 Å². The van der Waals surface area contributed by atoms with Gasteiger partial charge in [0.25, 0.3) is 5.91 Å². The molecule has 0 aromatic heterocycles. The van der Waals surface area contributed by atoms with Crippen molar-refractivity contribution in [2.75, 3.05) is 26.9 Å². The average molecular weight is 374 g/mol. The second kappa shape index (κ2) is 8.40. The first-order chi connectivity index (χ1) is 13.0. The van der Waals surface area contributed by atoms with E-state index < -0.39 is 11.8 Å². The number of amides is 2. The van der Waals surface area contributed by atoms with E-state index in [-0.39, 0.29) is 18.4 Å². The number of hydrogen-bond donors (Lipinski definition) is 1. The lowest BCUT2D eigenvalue weighted by molar-refractivity contribution is -0.128. The highest BCUT2D eigenvalue weighted by atomic mass is 16.5. The number of rotatable bonds is 5. The number of hydrogen-bond acceptors (Lipinski definition) is 4. The molecule has 27 heavy (non-hydrogen) atoms. The zero-order chi connectivity index (χ0) is 19.4. The van der Waals surface area contributed by atoms with Crippen molar-refractivity contribution in [2.45, 2.75) is 51.3 Å². The number of nitrogens with one attached hydrogen (secondary N) is 1. The Morgan fingerprint density at radius 2 is 2.15 bits per heavy atom. The number of aryl methyl sites for hydroxylation is 1. The Kier molecular flexibility index (Phi) is 6.17. The van der Waals surface area contributed by atoms with E-state index in [1.165, 1.54) is 0 Å². The van der Waals surface area contributed by atoms with Crippen molar-refractivity contribution in [3.8, 4) is 0 Å². The summed E-state index contributed by atoms with van der Waals surface area (Å²) in [7, 11) is 1.59. The number of carbonyl (C=O) groups excluding carboxylic acids is 2. The molecule has 2 fully saturated rings. The molecular weight excluding hydrogens is 344 g/mol. The highest BCUT2D eigenvalue weighted by Crippen LogP contribution is 2.43. The van der Waals surface area contributed by atoms with Gasteiger partial charge in [0.2, 0.25) is 5.91 Å². The molecule has 1 heterocycles. The van der Waals surface area contributed by atoms with Crippen molar-refractivity contribution in [2.24, 2.45) is 5.92 Å². The molecule has 148 valence electrons. The van der Waals surface area contributed by atoms with Crippen LogP contribution in [0, 0.1) is 12.8 Å². The van der Waals surface area contributed by atoms with Crippen molar-refractivity contribution in [3.05, 3.63) is 35.4 Å². The fourth-order valence-electron chi connectivity index (χ4n) is 4.34. The van der Waals surface area contributed by atoms with E-state index >= 15 is 0 Å². The zero-order valence-corrected chi connectivity index (χ0v) is 16.5. The van der Waals surface area contributed by atoms with Crippen LogP contribution in [0.4, 0.5) is 0 Å². The van der Waals surface area contributed by atoms with Crippen LogP contribution >= 0.6 is 0 Å². The van der Waals surface area contributed by atoms with Crippen molar-refractivity contribution < 1.29 is 19.1 Å². The number of carbonyl (C=O) groups is 2. The third-order valence-corrected chi connectivity index (χ3v) is 5.69. The highest BCUT2D eigenvalue weighted by molar-refractivity contribution is 5.99. The van der Waals surface area contributed by atoms with Gasteiger partial charge in [-0.05, 0) is 43.7 Å². The Bertz CT molecular complexity index is 693. The predicted octanol–water partition coefficient (Wildman–Crippen LogP) is 2.51. The van der Waals surface area contributed by atoms with Crippen LogP contribution in [-0.4, -0.2) is 55.3 Å². The molecule has 1 aliphatic heterocycles. The summed E-state index contributed by atoms with van der Waals surface area (Å²) in [5.41, 5.74) is 0.863. The fourth-order valence-corrected chi connectivity index (χ4v) is 4.34. The minimum absolute atomic E-state index is 0.119. The van der Waals surface area contributed by atoms with Gasteiger partial charge >= 0.3 is 0 Å². The predicted molar refractivity (Wildman–Crippen MR) is 102 cm³/mol. The summed E-state index contributed by atoms with van der Waals surface area (Å²) in [5.74, 6) is 0.164. The van der Waals surface area contributed by atoms with Crippen molar-refractivity contribution in [1.82, 2.24) is 10.2 Å². The Morgan fingerprint density at radius 1 is 1.37 bits per heavy atom. The second-order valence-electron chi connectivity index (χ2n) is 7.75. The second-order valence-corrected chi connectivity index (χ2v) is 7.75. The largest absolute Gasteiger partial charge is 0.383 e. The van der Waals surface area contributed by atoms with Crippen LogP contribution in [0.2, 0.25) is 0 Å². The minimum atomic E-state index is -0.680. The number of ether oxygens (including phenoxy) is 2. The van der Waals surface area contributed by atoms with Gasteiger partial charge in [0.05, 0.1) is 13.2 Å². The maximum absolute atomic E-state index is 13.5. The Labute approximate surface area is 161 Å². The molecule has 1 spiro atoms. The summed E-state index contributed by atoms with van der Waals surface area (Å²) >= 11 is 0. The molecule has 3 rings (SSSR count). The quantitative estimate of drug-likeness (QED) is 0.804. The molecule has 1 saturated heterocycles. The molecular formula is C21H30N2O4. The van der Waals surface area contributed by atoms with Gasteiger partial charge in [-0.15, -0.1) is 0 Å². The first kappa shape index (κ1) is 19.8. The lowest BCUT2D eigenvalue weighted by atomic mass is 9.82. The summed E-state index contributed by atoms with van der Waals surface area (Å²) < 4.78 is 11.2. The van der Waals surface area contributed by atoms with E-state index in [0.717, 1.165) is 31.2 Å². The van der Waals surface area contributed by atoms with Gasteiger partial charge in [-0.2, -0.15) is 0 Å². The molecule has 6 heteroatoms. The molecule has 2 amide bonds. The Morgan fingerprint density at radius 3 is 2.85 bits per heavy atom. The standard InChI is InChI=1S/C21H30N2O4/c1-15-7-6-10-21(13-15)23(20(25)17-9-5-4-8-16(17)2)18(14-27-21)19(24)22-11-12-26-3/h4-5,8-9,15,18H,6-7,10-14H2,1-3H3,(H,22,24)/t15-,18+,21+/m1/s1. The molecule has 1 aromatic carbocycles. The van der Waals surface area contributed by atoms with Crippen LogP contribution in [0.25, 0.3) is 0 Å². The smallest absolute Gasteiger partial charge is 0.257 e. The van der Waals surface area contributed by atoms with E-state index in [2.05, 4.69) is 12.2 Å².